The molecule has 110 valence electrons. The molecule has 1 heterocycles. The van der Waals surface area contributed by atoms with Gasteiger partial charge in [0.25, 0.3) is 0 Å². The lowest BCUT2D eigenvalue weighted by atomic mass is 10.2. The number of aromatic nitrogens is 1. The maximum absolute atomic E-state index is 12.1. The van der Waals surface area contributed by atoms with E-state index < -0.39 is 15.8 Å². The van der Waals surface area contributed by atoms with Crippen molar-refractivity contribution < 1.29 is 12.8 Å². The van der Waals surface area contributed by atoms with E-state index >= 15 is 0 Å². The number of nitrogens with zero attached hydrogens (tertiary/aromatic N) is 1. The van der Waals surface area contributed by atoms with Crippen molar-refractivity contribution in [3.63, 3.8) is 0 Å². The molecule has 7 heteroatoms. The molecule has 0 saturated carbocycles. The molecule has 1 aromatic heterocycles. The molecule has 1 N–H and O–H groups in total. The van der Waals surface area contributed by atoms with E-state index in [9.17, 15) is 13.2 Å². The Kier molecular flexibility index (Phi) is 4.01. The normalized spacial score (nSPS) is 12.4. The Balaban J connectivity index is 2.44. The van der Waals surface area contributed by atoms with Gasteiger partial charge in [0.05, 0.1) is 10.4 Å². The second-order valence-corrected chi connectivity index (χ2v) is 6.75. The highest BCUT2D eigenvalue weighted by molar-refractivity contribution is 7.89. The third kappa shape index (κ3) is 2.78. The molecule has 0 aliphatic heterocycles. The maximum Gasteiger partial charge on any atom is 0.419 e. The zero-order valence-electron chi connectivity index (χ0n) is 11.7. The van der Waals surface area contributed by atoms with Crippen molar-refractivity contribution in [3.05, 3.63) is 28.7 Å². The first-order valence-corrected chi connectivity index (χ1v) is 7.96. The summed E-state index contributed by atoms with van der Waals surface area (Å²) in [6.07, 6.45) is 0. The summed E-state index contributed by atoms with van der Waals surface area (Å²) in [5.74, 6) is -0.264. The zero-order valence-corrected chi connectivity index (χ0v) is 12.5. The predicted octanol–water partition coefficient (Wildman–Crippen LogP) is 1.55. The topological polar surface area (TPSA) is 81.3 Å². The van der Waals surface area contributed by atoms with Crippen LogP contribution in [0, 0.1) is 5.92 Å². The van der Waals surface area contributed by atoms with Gasteiger partial charge in [-0.3, -0.25) is 4.57 Å². The highest BCUT2D eigenvalue weighted by Crippen LogP contribution is 2.18. The van der Waals surface area contributed by atoms with Crippen LogP contribution in [0.3, 0.4) is 0 Å². The number of sulfonamides is 1. The van der Waals surface area contributed by atoms with E-state index in [0.29, 0.717) is 18.6 Å². The lowest BCUT2D eigenvalue weighted by molar-refractivity contribution is 0.512. The third-order valence-electron chi connectivity index (χ3n) is 2.95. The number of fused-ring (bicyclic) bond motifs is 1. The minimum absolute atomic E-state index is 0.0997. The van der Waals surface area contributed by atoms with Crippen LogP contribution in [0.4, 0.5) is 0 Å². The average molecular weight is 298 g/mol. The van der Waals surface area contributed by atoms with Crippen molar-refractivity contribution in [2.24, 2.45) is 5.92 Å². The van der Waals surface area contributed by atoms with Gasteiger partial charge in [0.1, 0.15) is 0 Å². The second kappa shape index (κ2) is 5.41. The Morgan fingerprint density at radius 3 is 2.65 bits per heavy atom. The SMILES string of the molecule is CCn1c(=O)oc2cc(S(=O)(=O)NCC(C)C)ccc21. The highest BCUT2D eigenvalue weighted by Gasteiger charge is 2.17. The quantitative estimate of drug-likeness (QED) is 0.908. The molecule has 1 aromatic carbocycles. The van der Waals surface area contributed by atoms with E-state index in [2.05, 4.69) is 4.72 Å². The van der Waals surface area contributed by atoms with Crippen LogP contribution in [-0.4, -0.2) is 19.5 Å². The number of hydrogen-bond acceptors (Lipinski definition) is 4. The summed E-state index contributed by atoms with van der Waals surface area (Å²) in [6, 6.07) is 4.45. The lowest BCUT2D eigenvalue weighted by Crippen LogP contribution is -2.27. The van der Waals surface area contributed by atoms with E-state index in [-0.39, 0.29) is 16.4 Å². The summed E-state index contributed by atoms with van der Waals surface area (Å²) < 4.78 is 33.2. The summed E-state index contributed by atoms with van der Waals surface area (Å²) in [5, 5.41) is 0. The van der Waals surface area contributed by atoms with Crippen molar-refractivity contribution in [1.82, 2.24) is 9.29 Å². The summed E-state index contributed by atoms with van der Waals surface area (Å²) >= 11 is 0. The molecule has 0 radical (unpaired) electrons. The van der Waals surface area contributed by atoms with E-state index in [1.54, 1.807) is 6.07 Å². The number of oxazole rings is 1. The number of aryl methyl sites for hydroxylation is 1. The molecule has 0 spiro atoms. The first-order chi connectivity index (χ1) is 9.35. The van der Waals surface area contributed by atoms with Gasteiger partial charge in [-0.25, -0.2) is 17.9 Å². The van der Waals surface area contributed by atoms with Crippen LogP contribution in [-0.2, 0) is 16.6 Å². The summed E-state index contributed by atoms with van der Waals surface area (Å²) in [4.78, 5) is 11.7. The molecule has 6 nitrogen and oxygen atoms in total. The van der Waals surface area contributed by atoms with Gasteiger partial charge in [-0.05, 0) is 25.0 Å². The Labute approximate surface area is 117 Å². The predicted molar refractivity (Wildman–Crippen MR) is 76.2 cm³/mol. The van der Waals surface area contributed by atoms with Gasteiger partial charge < -0.3 is 4.42 Å². The van der Waals surface area contributed by atoms with Crippen molar-refractivity contribution in [2.45, 2.75) is 32.2 Å². The molecule has 2 rings (SSSR count). The van der Waals surface area contributed by atoms with Gasteiger partial charge in [-0.2, -0.15) is 0 Å². The van der Waals surface area contributed by atoms with Crippen LogP contribution in [0.15, 0.2) is 32.3 Å². The van der Waals surface area contributed by atoms with Crippen LogP contribution in [0.1, 0.15) is 20.8 Å². The van der Waals surface area contributed by atoms with Crippen LogP contribution in [0.2, 0.25) is 0 Å². The van der Waals surface area contributed by atoms with Gasteiger partial charge in [0.15, 0.2) is 5.58 Å². The van der Waals surface area contributed by atoms with Gasteiger partial charge in [0.2, 0.25) is 10.0 Å². The van der Waals surface area contributed by atoms with E-state index in [0.717, 1.165) is 0 Å². The Morgan fingerprint density at radius 1 is 1.35 bits per heavy atom. The Bertz CT molecular complexity index is 771. The molecule has 2 aromatic rings. The molecule has 0 amide bonds. The molecule has 0 bridgehead atoms. The molecule has 0 aliphatic carbocycles. The third-order valence-corrected chi connectivity index (χ3v) is 4.37. The lowest BCUT2D eigenvalue weighted by Gasteiger charge is -2.08. The Hall–Kier alpha value is -1.60. The zero-order chi connectivity index (χ0) is 14.9. The molecule has 20 heavy (non-hydrogen) atoms. The first kappa shape index (κ1) is 14.8. The molecule has 0 atom stereocenters. The number of nitrogens with one attached hydrogen (secondary N) is 1. The largest absolute Gasteiger partial charge is 0.419 e. The van der Waals surface area contributed by atoms with E-state index in [1.165, 1.54) is 16.7 Å². The molecular weight excluding hydrogens is 280 g/mol. The van der Waals surface area contributed by atoms with Gasteiger partial charge in [-0.15, -0.1) is 0 Å². The van der Waals surface area contributed by atoms with E-state index in [4.69, 9.17) is 4.42 Å². The van der Waals surface area contributed by atoms with Crippen molar-refractivity contribution >= 4 is 21.1 Å². The highest BCUT2D eigenvalue weighted by atomic mass is 32.2. The summed E-state index contributed by atoms with van der Waals surface area (Å²) in [5.41, 5.74) is 0.879. The summed E-state index contributed by atoms with van der Waals surface area (Å²) in [6.45, 7) is 6.51. The standard InChI is InChI=1S/C13H18N2O4S/c1-4-15-11-6-5-10(7-12(11)19-13(15)16)20(17,18)14-8-9(2)3/h5-7,9,14H,4,8H2,1-3H3. The molecule has 0 aliphatic rings. The Morgan fingerprint density at radius 2 is 2.05 bits per heavy atom. The van der Waals surface area contributed by atoms with Gasteiger partial charge in [-0.1, -0.05) is 13.8 Å². The fourth-order valence-corrected chi connectivity index (χ4v) is 3.10. The number of hydrogen-bond donors (Lipinski definition) is 1. The van der Waals surface area contributed by atoms with Gasteiger partial charge >= 0.3 is 5.76 Å². The fraction of sp³-hybridized carbons (Fsp3) is 0.462. The number of benzene rings is 1. The van der Waals surface area contributed by atoms with Crippen LogP contribution in [0.5, 0.6) is 0 Å². The van der Waals surface area contributed by atoms with Crippen LogP contribution < -0.4 is 10.5 Å². The number of rotatable bonds is 5. The smallest absolute Gasteiger partial charge is 0.408 e. The van der Waals surface area contributed by atoms with Crippen molar-refractivity contribution in [1.29, 1.82) is 0 Å². The monoisotopic (exact) mass is 298 g/mol. The fourth-order valence-electron chi connectivity index (χ4n) is 1.87. The minimum atomic E-state index is -3.58. The summed E-state index contributed by atoms with van der Waals surface area (Å²) in [7, 11) is -3.58. The van der Waals surface area contributed by atoms with Crippen LogP contribution in [0.25, 0.3) is 11.1 Å². The van der Waals surface area contributed by atoms with Crippen LogP contribution >= 0.6 is 0 Å². The molecule has 0 saturated heterocycles. The molecular formula is C13H18N2O4S. The van der Waals surface area contributed by atoms with Crippen molar-refractivity contribution in [2.75, 3.05) is 6.54 Å². The van der Waals surface area contributed by atoms with Crippen molar-refractivity contribution in [3.8, 4) is 0 Å². The van der Waals surface area contributed by atoms with E-state index in [1.807, 2.05) is 20.8 Å². The maximum atomic E-state index is 12.1. The minimum Gasteiger partial charge on any atom is -0.408 e. The average Bonchev–Trinajstić information content (AvgIpc) is 2.70. The molecule has 0 unspecified atom stereocenters. The second-order valence-electron chi connectivity index (χ2n) is 4.99. The first-order valence-electron chi connectivity index (χ1n) is 6.48. The van der Waals surface area contributed by atoms with Gasteiger partial charge in [0, 0.05) is 19.2 Å². The molecule has 0 fully saturated rings.